The van der Waals surface area contributed by atoms with Gasteiger partial charge in [0, 0.05) is 12.0 Å². The molecule has 0 N–H and O–H groups in total. The van der Waals surface area contributed by atoms with Crippen molar-refractivity contribution in [1.82, 2.24) is 0 Å². The van der Waals surface area contributed by atoms with E-state index in [2.05, 4.69) is 0 Å². The van der Waals surface area contributed by atoms with Crippen LogP contribution in [0.1, 0.15) is 31.7 Å². The van der Waals surface area contributed by atoms with E-state index in [9.17, 15) is 26.1 Å². The van der Waals surface area contributed by atoms with Crippen LogP contribution in [0.4, 0.5) is 13.2 Å². The number of hydrogen-bond donors (Lipinski definition) is 0. The molecule has 3 aromatic rings. The van der Waals surface area contributed by atoms with Gasteiger partial charge in [0.1, 0.15) is 5.75 Å². The molecule has 1 saturated heterocycles. The molecule has 1 aliphatic rings. The maximum atomic E-state index is 13.7. The zero-order valence-electron chi connectivity index (χ0n) is 21.2. The predicted molar refractivity (Wildman–Crippen MR) is 140 cm³/mol. The molecule has 0 radical (unpaired) electrons. The molecule has 11 heteroatoms. The van der Waals surface area contributed by atoms with Gasteiger partial charge in [-0.15, -0.1) is 0 Å². The summed E-state index contributed by atoms with van der Waals surface area (Å²) in [5, 5.41) is -5.01. The van der Waals surface area contributed by atoms with Gasteiger partial charge < -0.3 is 18.8 Å². The molecule has 0 amide bonds. The summed E-state index contributed by atoms with van der Waals surface area (Å²) in [5.41, 5.74) is 0.926. The Morgan fingerprint density at radius 2 is 1.44 bits per heavy atom. The van der Waals surface area contributed by atoms with E-state index in [0.717, 1.165) is 33.1 Å². The topological polar surface area (TPSA) is 84.9 Å². The minimum absolute atomic E-state index is 0.293. The first kappa shape index (κ1) is 29.4. The number of rotatable bonds is 10. The molecular weight excluding hydrogens is 553 g/mol. The van der Waals surface area contributed by atoms with Crippen LogP contribution in [0.5, 0.6) is 5.75 Å². The SMILES string of the molecule is CC1(c2ccc([S+](c3ccccc3)c3ccc(OCCC(F)C(F)(F)S(=O)(=O)[O-])cc3)cc2)OCCCCO1. The second kappa shape index (κ2) is 12.3. The first-order valence-corrected chi connectivity index (χ1v) is 15.0. The van der Waals surface area contributed by atoms with Gasteiger partial charge in [0.25, 0.3) is 0 Å². The Labute approximate surface area is 229 Å². The summed E-state index contributed by atoms with van der Waals surface area (Å²) in [6.45, 7) is 2.66. The molecule has 3 aromatic carbocycles. The molecule has 210 valence electrons. The third kappa shape index (κ3) is 6.96. The zero-order chi connectivity index (χ0) is 28.1. The van der Waals surface area contributed by atoms with E-state index in [1.165, 1.54) is 0 Å². The fourth-order valence-corrected chi connectivity index (χ4v) is 6.58. The van der Waals surface area contributed by atoms with Gasteiger partial charge in [-0.2, -0.15) is 8.78 Å². The van der Waals surface area contributed by atoms with Crippen molar-refractivity contribution in [2.24, 2.45) is 0 Å². The Hall–Kier alpha value is -2.57. The molecular formula is C28H29F3O6S2. The Morgan fingerprint density at radius 1 is 0.923 bits per heavy atom. The summed E-state index contributed by atoms with van der Waals surface area (Å²) < 4.78 is 89.5. The van der Waals surface area contributed by atoms with Crippen LogP contribution in [-0.2, 0) is 36.3 Å². The van der Waals surface area contributed by atoms with Crippen LogP contribution in [0, 0.1) is 0 Å². The Bertz CT molecular complexity index is 1310. The van der Waals surface area contributed by atoms with Gasteiger partial charge in [0.2, 0.25) is 0 Å². The monoisotopic (exact) mass is 582 g/mol. The van der Waals surface area contributed by atoms with Crippen LogP contribution in [0.25, 0.3) is 0 Å². The van der Waals surface area contributed by atoms with E-state index in [1.54, 1.807) is 12.1 Å². The van der Waals surface area contributed by atoms with E-state index in [-0.39, 0.29) is 0 Å². The molecule has 39 heavy (non-hydrogen) atoms. The van der Waals surface area contributed by atoms with Crippen molar-refractivity contribution in [2.45, 2.75) is 58.1 Å². The lowest BCUT2D eigenvalue weighted by Gasteiger charge is -2.28. The zero-order valence-corrected chi connectivity index (χ0v) is 22.9. The van der Waals surface area contributed by atoms with E-state index < -0.39 is 51.3 Å². The molecule has 6 nitrogen and oxygen atoms in total. The first-order valence-electron chi connectivity index (χ1n) is 12.4. The number of benzene rings is 3. The van der Waals surface area contributed by atoms with E-state index in [4.69, 9.17) is 14.2 Å². The molecule has 1 fully saturated rings. The van der Waals surface area contributed by atoms with Crippen molar-refractivity contribution in [3.8, 4) is 5.75 Å². The van der Waals surface area contributed by atoms with E-state index >= 15 is 0 Å². The third-order valence-corrected chi connectivity index (χ3v) is 9.44. The number of hydrogen-bond acceptors (Lipinski definition) is 6. The van der Waals surface area contributed by atoms with Crippen LogP contribution in [0.3, 0.4) is 0 Å². The minimum Gasteiger partial charge on any atom is -0.743 e. The van der Waals surface area contributed by atoms with Crippen LogP contribution in [0.2, 0.25) is 0 Å². The highest BCUT2D eigenvalue weighted by Crippen LogP contribution is 2.35. The summed E-state index contributed by atoms with van der Waals surface area (Å²) in [6, 6.07) is 25.0. The summed E-state index contributed by atoms with van der Waals surface area (Å²) in [4.78, 5) is 3.09. The average molecular weight is 583 g/mol. The Balaban J connectivity index is 1.50. The summed E-state index contributed by atoms with van der Waals surface area (Å²) >= 11 is 0. The normalized spacial score (nSPS) is 17.7. The third-order valence-electron chi connectivity index (χ3n) is 6.28. The van der Waals surface area contributed by atoms with Gasteiger partial charge in [-0.25, -0.2) is 12.8 Å². The van der Waals surface area contributed by atoms with E-state index in [1.807, 2.05) is 73.7 Å². The summed E-state index contributed by atoms with van der Waals surface area (Å²) in [7, 11) is -6.59. The standard InChI is InChI=1S/C28H29F3O6S2/c1-27(36-18-5-6-19-37-27)21-9-13-24(14-10-21)38(23-7-3-2-4-8-23)25-15-11-22(12-16-25)35-20-17-26(29)28(30,31)39(32,33)34/h2-4,7-16,26H,5-6,17-20H2,1H3. The highest BCUT2D eigenvalue weighted by Gasteiger charge is 2.47. The molecule has 0 saturated carbocycles. The van der Waals surface area contributed by atoms with Crippen LogP contribution in [-0.4, -0.2) is 44.2 Å². The van der Waals surface area contributed by atoms with Crippen molar-refractivity contribution in [1.29, 1.82) is 0 Å². The molecule has 1 heterocycles. The Morgan fingerprint density at radius 3 is 1.97 bits per heavy atom. The fraction of sp³-hybridized carbons (Fsp3) is 0.357. The van der Waals surface area contributed by atoms with Gasteiger partial charge in [0.05, 0.1) is 30.7 Å². The molecule has 1 aliphatic heterocycles. The van der Waals surface area contributed by atoms with Crippen molar-refractivity contribution in [2.75, 3.05) is 19.8 Å². The highest BCUT2D eigenvalue weighted by atomic mass is 32.2. The van der Waals surface area contributed by atoms with Crippen molar-refractivity contribution >= 4 is 21.0 Å². The van der Waals surface area contributed by atoms with Crippen LogP contribution < -0.4 is 4.74 Å². The molecule has 2 atom stereocenters. The van der Waals surface area contributed by atoms with Gasteiger partial charge in [-0.1, -0.05) is 18.2 Å². The summed E-state index contributed by atoms with van der Waals surface area (Å²) in [6.07, 6.45) is -2.22. The lowest BCUT2D eigenvalue weighted by Crippen LogP contribution is -2.39. The highest BCUT2D eigenvalue weighted by molar-refractivity contribution is 7.97. The van der Waals surface area contributed by atoms with Crippen molar-refractivity contribution < 1.29 is 40.4 Å². The van der Waals surface area contributed by atoms with Gasteiger partial charge in [-0.3, -0.25) is 0 Å². The van der Waals surface area contributed by atoms with Crippen LogP contribution in [0.15, 0.2) is 93.5 Å². The smallest absolute Gasteiger partial charge is 0.364 e. The summed E-state index contributed by atoms with van der Waals surface area (Å²) in [5.74, 6) is -0.512. The number of halogens is 3. The van der Waals surface area contributed by atoms with Crippen molar-refractivity contribution in [3.05, 3.63) is 84.4 Å². The molecule has 0 aromatic heterocycles. The second-order valence-electron chi connectivity index (χ2n) is 9.09. The fourth-order valence-electron chi connectivity index (χ4n) is 4.08. The first-order chi connectivity index (χ1) is 18.5. The van der Waals surface area contributed by atoms with Gasteiger partial charge >= 0.3 is 5.25 Å². The minimum atomic E-state index is -6.11. The van der Waals surface area contributed by atoms with Gasteiger partial charge in [-0.05, 0) is 80.4 Å². The maximum Gasteiger partial charge on any atom is 0.364 e. The van der Waals surface area contributed by atoms with Gasteiger partial charge in [0.15, 0.2) is 36.8 Å². The Kier molecular flexibility index (Phi) is 9.28. The van der Waals surface area contributed by atoms with Crippen molar-refractivity contribution in [3.63, 3.8) is 0 Å². The lowest BCUT2D eigenvalue weighted by atomic mass is 10.1. The number of alkyl halides is 3. The van der Waals surface area contributed by atoms with E-state index in [0.29, 0.717) is 19.0 Å². The molecule has 2 unspecified atom stereocenters. The maximum absolute atomic E-state index is 13.7. The number of ether oxygens (including phenoxy) is 3. The predicted octanol–water partition coefficient (Wildman–Crippen LogP) is 6.03. The molecule has 0 bridgehead atoms. The largest absolute Gasteiger partial charge is 0.743 e. The molecule has 0 aliphatic carbocycles. The van der Waals surface area contributed by atoms with Crippen LogP contribution >= 0.6 is 0 Å². The lowest BCUT2D eigenvalue weighted by molar-refractivity contribution is -0.221. The second-order valence-corrected chi connectivity index (χ2v) is 12.6. The molecule has 4 rings (SSSR count). The average Bonchev–Trinajstić information content (AvgIpc) is 3.15. The quantitative estimate of drug-likeness (QED) is 0.215. The molecule has 0 spiro atoms.